The monoisotopic (exact) mass is 287 g/mol. The van der Waals surface area contributed by atoms with Gasteiger partial charge in [-0.05, 0) is 25.1 Å². The number of ether oxygens (including phenoxy) is 2. The van der Waals surface area contributed by atoms with Crippen LogP contribution in [-0.2, 0) is 16.1 Å². The number of methoxy groups -OCH3 is 1. The molecule has 0 unspecified atom stereocenters. The Labute approximate surface area is 122 Å². The lowest BCUT2D eigenvalue weighted by molar-refractivity contribution is -0.139. The zero-order valence-corrected chi connectivity index (χ0v) is 12.1. The molecule has 1 aromatic carbocycles. The van der Waals surface area contributed by atoms with Crippen LogP contribution in [0.1, 0.15) is 17.3 Å². The van der Waals surface area contributed by atoms with Crippen LogP contribution in [0.2, 0.25) is 0 Å². The third-order valence-corrected chi connectivity index (χ3v) is 3.16. The summed E-state index contributed by atoms with van der Waals surface area (Å²) in [7, 11) is 1.58. The average molecular weight is 287 g/mol. The number of fused-ring (bicyclic) bond motifs is 1. The number of rotatable bonds is 6. The highest BCUT2D eigenvalue weighted by Gasteiger charge is 2.10. The maximum Gasteiger partial charge on any atom is 0.333 e. The van der Waals surface area contributed by atoms with Crippen molar-refractivity contribution in [3.8, 4) is 5.75 Å². The first-order valence-electron chi connectivity index (χ1n) is 6.51. The Balaban J connectivity index is 2.22. The van der Waals surface area contributed by atoms with Crippen molar-refractivity contribution >= 4 is 23.2 Å². The predicted molar refractivity (Wildman–Crippen MR) is 79.7 cm³/mol. The zero-order chi connectivity index (χ0) is 15.4. The van der Waals surface area contributed by atoms with Crippen molar-refractivity contribution < 1.29 is 19.1 Å². The van der Waals surface area contributed by atoms with Crippen molar-refractivity contribution in [2.45, 2.75) is 13.5 Å². The van der Waals surface area contributed by atoms with Crippen molar-refractivity contribution in [2.75, 3.05) is 13.7 Å². The molecule has 0 N–H and O–H groups in total. The highest BCUT2D eigenvalue weighted by molar-refractivity contribution is 5.98. The van der Waals surface area contributed by atoms with Gasteiger partial charge in [0, 0.05) is 28.2 Å². The molecule has 21 heavy (non-hydrogen) atoms. The lowest BCUT2D eigenvalue weighted by atomic mass is 10.2. The number of nitrogens with zero attached hydrogens (tertiary/aromatic N) is 1. The molecule has 110 valence electrons. The van der Waals surface area contributed by atoms with E-state index >= 15 is 0 Å². The number of aromatic nitrogens is 1. The van der Waals surface area contributed by atoms with Crippen LogP contribution in [-0.4, -0.2) is 30.5 Å². The molecule has 0 aliphatic heterocycles. The van der Waals surface area contributed by atoms with Crippen LogP contribution in [0.25, 0.3) is 10.9 Å². The van der Waals surface area contributed by atoms with E-state index in [4.69, 9.17) is 9.47 Å². The van der Waals surface area contributed by atoms with Crippen molar-refractivity contribution in [2.24, 2.45) is 0 Å². The summed E-state index contributed by atoms with van der Waals surface area (Å²) in [6, 6.07) is 5.52. The maximum absolute atomic E-state index is 11.3. The molecule has 0 fully saturated rings. The molecule has 0 saturated heterocycles. The molecule has 0 aliphatic rings. The second kappa shape index (κ2) is 6.26. The Morgan fingerprint density at radius 2 is 2.19 bits per heavy atom. The van der Waals surface area contributed by atoms with Crippen molar-refractivity contribution in [3.63, 3.8) is 0 Å². The molecule has 2 rings (SSSR count). The topological polar surface area (TPSA) is 57.5 Å². The van der Waals surface area contributed by atoms with Gasteiger partial charge in [-0.1, -0.05) is 6.58 Å². The van der Waals surface area contributed by atoms with E-state index in [2.05, 4.69) is 6.58 Å². The van der Waals surface area contributed by atoms with Crippen LogP contribution in [0.3, 0.4) is 0 Å². The van der Waals surface area contributed by atoms with E-state index in [-0.39, 0.29) is 6.61 Å². The number of benzene rings is 1. The Morgan fingerprint density at radius 3 is 2.81 bits per heavy atom. The molecule has 0 bridgehead atoms. The minimum atomic E-state index is -0.413. The predicted octanol–water partition coefficient (Wildman–Crippen LogP) is 2.58. The van der Waals surface area contributed by atoms with Gasteiger partial charge in [0.2, 0.25) is 0 Å². The SMILES string of the molecule is C=C(C)C(=O)OCCn1cc(C=O)c2cc(OC)ccc21. The summed E-state index contributed by atoms with van der Waals surface area (Å²) >= 11 is 0. The second-order valence-corrected chi connectivity index (χ2v) is 4.70. The Morgan fingerprint density at radius 1 is 1.43 bits per heavy atom. The van der Waals surface area contributed by atoms with Gasteiger partial charge in [-0.15, -0.1) is 0 Å². The largest absolute Gasteiger partial charge is 0.497 e. The second-order valence-electron chi connectivity index (χ2n) is 4.70. The van der Waals surface area contributed by atoms with Crippen LogP contribution >= 0.6 is 0 Å². The van der Waals surface area contributed by atoms with Crippen LogP contribution in [0, 0.1) is 0 Å². The smallest absolute Gasteiger partial charge is 0.333 e. The minimum absolute atomic E-state index is 0.222. The summed E-state index contributed by atoms with van der Waals surface area (Å²) in [5, 5.41) is 0.815. The molecule has 0 aliphatic carbocycles. The molecule has 1 heterocycles. The molecule has 0 amide bonds. The van der Waals surface area contributed by atoms with E-state index in [0.717, 1.165) is 17.2 Å². The van der Waals surface area contributed by atoms with Crippen molar-refractivity contribution in [3.05, 3.63) is 42.1 Å². The van der Waals surface area contributed by atoms with Gasteiger partial charge in [-0.25, -0.2) is 4.79 Å². The molecular formula is C16H17NO4. The summed E-state index contributed by atoms with van der Waals surface area (Å²) in [5.74, 6) is 0.279. The van der Waals surface area contributed by atoms with Gasteiger partial charge in [0.15, 0.2) is 6.29 Å². The zero-order valence-electron chi connectivity index (χ0n) is 12.1. The van der Waals surface area contributed by atoms with E-state index in [1.165, 1.54) is 0 Å². The number of esters is 1. The Kier molecular flexibility index (Phi) is 4.42. The van der Waals surface area contributed by atoms with Crippen LogP contribution in [0.4, 0.5) is 0 Å². The van der Waals surface area contributed by atoms with Gasteiger partial charge in [-0.3, -0.25) is 4.79 Å². The molecule has 1 aromatic heterocycles. The van der Waals surface area contributed by atoms with E-state index in [9.17, 15) is 9.59 Å². The van der Waals surface area contributed by atoms with Crippen LogP contribution in [0.5, 0.6) is 5.75 Å². The number of carbonyl (C=O) groups is 2. The number of hydrogen-bond acceptors (Lipinski definition) is 4. The quantitative estimate of drug-likeness (QED) is 0.465. The van der Waals surface area contributed by atoms with Gasteiger partial charge in [-0.2, -0.15) is 0 Å². The molecule has 0 spiro atoms. The minimum Gasteiger partial charge on any atom is -0.497 e. The number of aldehydes is 1. The average Bonchev–Trinajstić information content (AvgIpc) is 2.84. The normalized spacial score (nSPS) is 10.4. The number of hydrogen-bond donors (Lipinski definition) is 0. The van der Waals surface area contributed by atoms with Gasteiger partial charge < -0.3 is 14.0 Å². The Bertz CT molecular complexity index is 700. The molecular weight excluding hydrogens is 270 g/mol. The summed E-state index contributed by atoms with van der Waals surface area (Å²) < 4.78 is 12.1. The highest BCUT2D eigenvalue weighted by atomic mass is 16.5. The Hall–Kier alpha value is -2.56. The van der Waals surface area contributed by atoms with E-state index in [1.54, 1.807) is 20.2 Å². The first kappa shape index (κ1) is 14.8. The van der Waals surface area contributed by atoms with E-state index in [0.29, 0.717) is 23.4 Å². The van der Waals surface area contributed by atoms with Gasteiger partial charge in [0.25, 0.3) is 0 Å². The van der Waals surface area contributed by atoms with Crippen LogP contribution < -0.4 is 4.74 Å². The number of carbonyl (C=O) groups excluding carboxylic acids is 2. The summed E-state index contributed by atoms with van der Waals surface area (Å²) in [5.41, 5.74) is 1.84. The third-order valence-electron chi connectivity index (χ3n) is 3.16. The molecule has 5 nitrogen and oxygen atoms in total. The lowest BCUT2D eigenvalue weighted by Crippen LogP contribution is -2.11. The molecule has 0 atom stereocenters. The fraction of sp³-hybridized carbons (Fsp3) is 0.250. The molecule has 2 aromatic rings. The lowest BCUT2D eigenvalue weighted by Gasteiger charge is -2.07. The summed E-state index contributed by atoms with van der Waals surface area (Å²) in [6.07, 6.45) is 2.55. The van der Waals surface area contributed by atoms with Gasteiger partial charge in [0.1, 0.15) is 12.4 Å². The van der Waals surface area contributed by atoms with Crippen molar-refractivity contribution in [1.29, 1.82) is 0 Å². The van der Waals surface area contributed by atoms with Crippen molar-refractivity contribution in [1.82, 2.24) is 4.57 Å². The van der Waals surface area contributed by atoms with E-state index < -0.39 is 5.97 Å². The maximum atomic E-state index is 11.3. The fourth-order valence-corrected chi connectivity index (χ4v) is 2.07. The third kappa shape index (κ3) is 3.13. The fourth-order valence-electron chi connectivity index (χ4n) is 2.07. The molecule has 0 radical (unpaired) electrons. The highest BCUT2D eigenvalue weighted by Crippen LogP contribution is 2.25. The van der Waals surface area contributed by atoms with Crippen LogP contribution in [0.15, 0.2) is 36.5 Å². The summed E-state index contributed by atoms with van der Waals surface area (Å²) in [4.78, 5) is 22.5. The van der Waals surface area contributed by atoms with E-state index in [1.807, 2.05) is 22.8 Å². The standard InChI is InChI=1S/C16H17NO4/c1-11(2)16(19)21-7-6-17-9-12(10-18)14-8-13(20-3)4-5-15(14)17/h4-5,8-10H,1,6-7H2,2-3H3. The van der Waals surface area contributed by atoms with Gasteiger partial charge >= 0.3 is 5.97 Å². The molecule has 0 saturated carbocycles. The first-order chi connectivity index (χ1) is 10.1. The molecule has 5 heteroatoms. The first-order valence-corrected chi connectivity index (χ1v) is 6.51. The van der Waals surface area contributed by atoms with Gasteiger partial charge in [0.05, 0.1) is 13.7 Å². The summed E-state index contributed by atoms with van der Waals surface area (Å²) in [6.45, 7) is 5.82.